The lowest BCUT2D eigenvalue weighted by atomic mass is 10.1. The largest absolute Gasteiger partial charge is 0.381 e. The molecule has 3 nitrogen and oxygen atoms in total. The molecule has 2 aromatic rings. The molecule has 2 aromatic carbocycles. The molecule has 1 amide bonds. The third kappa shape index (κ3) is 4.30. The van der Waals surface area contributed by atoms with Crippen LogP contribution in [0.15, 0.2) is 48.5 Å². The Morgan fingerprint density at radius 1 is 1.00 bits per heavy atom. The lowest BCUT2D eigenvalue weighted by Crippen LogP contribution is -2.13. The highest BCUT2D eigenvalue weighted by molar-refractivity contribution is 6.30. The highest BCUT2D eigenvalue weighted by Gasteiger charge is 1.99. The van der Waals surface area contributed by atoms with Crippen LogP contribution in [-0.4, -0.2) is 5.91 Å². The van der Waals surface area contributed by atoms with Gasteiger partial charge >= 0.3 is 0 Å². The van der Waals surface area contributed by atoms with E-state index in [-0.39, 0.29) is 12.3 Å². The van der Waals surface area contributed by atoms with Crippen molar-refractivity contribution in [3.63, 3.8) is 0 Å². The minimum Gasteiger partial charge on any atom is -0.381 e. The lowest BCUT2D eigenvalue weighted by molar-refractivity contribution is -0.117. The van der Waals surface area contributed by atoms with Crippen molar-refractivity contribution in [1.82, 2.24) is 0 Å². The maximum absolute atomic E-state index is 10.8. The molecule has 3 N–H and O–H groups in total. The average Bonchev–Trinajstić information content (AvgIpc) is 2.39. The molecule has 0 aliphatic carbocycles. The Morgan fingerprint density at radius 3 is 2.16 bits per heavy atom. The number of carbonyl (C=O) groups excluding carboxylic acids is 1. The number of nitrogens with one attached hydrogen (secondary N) is 1. The fourth-order valence-corrected chi connectivity index (χ4v) is 1.87. The summed E-state index contributed by atoms with van der Waals surface area (Å²) in [5, 5.41) is 4.04. The van der Waals surface area contributed by atoms with Gasteiger partial charge in [0.2, 0.25) is 5.91 Å². The second-order valence-electron chi connectivity index (χ2n) is 4.32. The van der Waals surface area contributed by atoms with Gasteiger partial charge < -0.3 is 11.1 Å². The maximum Gasteiger partial charge on any atom is 0.221 e. The monoisotopic (exact) mass is 274 g/mol. The Morgan fingerprint density at radius 2 is 1.58 bits per heavy atom. The first kappa shape index (κ1) is 13.4. The molecule has 0 fully saturated rings. The van der Waals surface area contributed by atoms with E-state index in [0.717, 1.165) is 28.4 Å². The highest BCUT2D eigenvalue weighted by atomic mass is 35.5. The van der Waals surface area contributed by atoms with Gasteiger partial charge in [0.15, 0.2) is 0 Å². The van der Waals surface area contributed by atoms with Crippen LogP contribution in [0.2, 0.25) is 5.02 Å². The molecule has 0 radical (unpaired) electrons. The van der Waals surface area contributed by atoms with E-state index in [0.29, 0.717) is 0 Å². The summed E-state index contributed by atoms with van der Waals surface area (Å²) in [4.78, 5) is 10.8. The van der Waals surface area contributed by atoms with Gasteiger partial charge in [-0.05, 0) is 35.4 Å². The SMILES string of the molecule is NC(=O)Cc1ccc(NCc2ccc(Cl)cc2)cc1. The van der Waals surface area contributed by atoms with Crippen LogP contribution in [0.5, 0.6) is 0 Å². The Labute approximate surface area is 117 Å². The summed E-state index contributed by atoms with van der Waals surface area (Å²) in [6.45, 7) is 0.729. The van der Waals surface area contributed by atoms with Crippen LogP contribution >= 0.6 is 11.6 Å². The Bertz CT molecular complexity index is 549. The van der Waals surface area contributed by atoms with Crippen LogP contribution in [0.3, 0.4) is 0 Å². The van der Waals surface area contributed by atoms with E-state index in [9.17, 15) is 4.79 Å². The van der Waals surface area contributed by atoms with Gasteiger partial charge in [-0.1, -0.05) is 35.9 Å². The normalized spacial score (nSPS) is 10.2. The zero-order valence-corrected chi connectivity index (χ0v) is 11.2. The Hall–Kier alpha value is -2.00. The number of rotatable bonds is 5. The average molecular weight is 275 g/mol. The van der Waals surface area contributed by atoms with Gasteiger partial charge in [-0.2, -0.15) is 0 Å². The molecule has 98 valence electrons. The van der Waals surface area contributed by atoms with Gasteiger partial charge in [-0.3, -0.25) is 4.79 Å². The summed E-state index contributed by atoms with van der Waals surface area (Å²) in [7, 11) is 0. The van der Waals surface area contributed by atoms with Crippen molar-refractivity contribution in [3.05, 3.63) is 64.7 Å². The quantitative estimate of drug-likeness (QED) is 0.881. The molecule has 0 bridgehead atoms. The van der Waals surface area contributed by atoms with Gasteiger partial charge in [0, 0.05) is 17.3 Å². The van der Waals surface area contributed by atoms with Crippen molar-refractivity contribution in [1.29, 1.82) is 0 Å². The minimum absolute atomic E-state index is 0.275. The van der Waals surface area contributed by atoms with Crippen molar-refractivity contribution in [2.24, 2.45) is 5.73 Å². The maximum atomic E-state index is 10.8. The molecule has 0 unspecified atom stereocenters. The van der Waals surface area contributed by atoms with E-state index >= 15 is 0 Å². The summed E-state index contributed by atoms with van der Waals surface area (Å²) in [5.41, 5.74) is 8.23. The Balaban J connectivity index is 1.92. The molecule has 0 saturated heterocycles. The van der Waals surface area contributed by atoms with Crippen molar-refractivity contribution < 1.29 is 4.79 Å². The van der Waals surface area contributed by atoms with Crippen molar-refractivity contribution in [2.75, 3.05) is 5.32 Å². The van der Waals surface area contributed by atoms with Gasteiger partial charge in [0.05, 0.1) is 6.42 Å². The number of amides is 1. The zero-order chi connectivity index (χ0) is 13.7. The smallest absolute Gasteiger partial charge is 0.221 e. The summed E-state index contributed by atoms with van der Waals surface area (Å²) in [6, 6.07) is 15.4. The standard InChI is InChI=1S/C15H15ClN2O/c16-13-5-1-12(2-6-13)10-18-14-7-3-11(4-8-14)9-15(17)19/h1-8,18H,9-10H2,(H2,17,19). The highest BCUT2D eigenvalue weighted by Crippen LogP contribution is 2.13. The van der Waals surface area contributed by atoms with Crippen molar-refractivity contribution in [3.8, 4) is 0 Å². The number of hydrogen-bond acceptors (Lipinski definition) is 2. The number of nitrogens with two attached hydrogens (primary N) is 1. The van der Waals surface area contributed by atoms with Gasteiger partial charge in [0.1, 0.15) is 0 Å². The predicted octanol–water partition coefficient (Wildman–Crippen LogP) is 2.98. The van der Waals surface area contributed by atoms with E-state index in [4.69, 9.17) is 17.3 Å². The molecular weight excluding hydrogens is 260 g/mol. The predicted molar refractivity (Wildman–Crippen MR) is 78.1 cm³/mol. The second kappa shape index (κ2) is 6.25. The zero-order valence-electron chi connectivity index (χ0n) is 10.4. The summed E-state index contributed by atoms with van der Waals surface area (Å²) < 4.78 is 0. The van der Waals surface area contributed by atoms with E-state index in [2.05, 4.69) is 5.32 Å². The van der Waals surface area contributed by atoms with E-state index in [1.807, 2.05) is 48.5 Å². The van der Waals surface area contributed by atoms with Crippen LogP contribution in [0.1, 0.15) is 11.1 Å². The molecular formula is C15H15ClN2O. The van der Waals surface area contributed by atoms with E-state index in [1.165, 1.54) is 0 Å². The first-order chi connectivity index (χ1) is 9.13. The Kier molecular flexibility index (Phi) is 4.42. The molecule has 0 spiro atoms. The number of benzene rings is 2. The topological polar surface area (TPSA) is 55.1 Å². The van der Waals surface area contributed by atoms with E-state index < -0.39 is 0 Å². The van der Waals surface area contributed by atoms with Crippen LogP contribution < -0.4 is 11.1 Å². The molecule has 0 aromatic heterocycles. The molecule has 2 rings (SSSR count). The number of anilines is 1. The van der Waals surface area contributed by atoms with Crippen LogP contribution in [0, 0.1) is 0 Å². The lowest BCUT2D eigenvalue weighted by Gasteiger charge is -2.07. The molecule has 0 aliphatic heterocycles. The van der Waals surface area contributed by atoms with Gasteiger partial charge in [-0.15, -0.1) is 0 Å². The summed E-state index contributed by atoms with van der Waals surface area (Å²) in [6.07, 6.45) is 0.275. The van der Waals surface area contributed by atoms with E-state index in [1.54, 1.807) is 0 Å². The van der Waals surface area contributed by atoms with Crippen LogP contribution in [0.25, 0.3) is 0 Å². The molecule has 0 saturated carbocycles. The second-order valence-corrected chi connectivity index (χ2v) is 4.76. The van der Waals surface area contributed by atoms with Crippen molar-refractivity contribution in [2.45, 2.75) is 13.0 Å². The minimum atomic E-state index is -0.318. The van der Waals surface area contributed by atoms with Gasteiger partial charge in [0.25, 0.3) is 0 Å². The molecule has 0 heterocycles. The molecule has 4 heteroatoms. The first-order valence-electron chi connectivity index (χ1n) is 5.99. The number of carbonyl (C=O) groups is 1. The number of primary amides is 1. The first-order valence-corrected chi connectivity index (χ1v) is 6.37. The third-order valence-electron chi connectivity index (χ3n) is 2.74. The number of hydrogen-bond donors (Lipinski definition) is 2. The summed E-state index contributed by atoms with van der Waals surface area (Å²) >= 11 is 5.83. The molecule has 19 heavy (non-hydrogen) atoms. The molecule has 0 aliphatic rings. The number of halogens is 1. The molecule has 0 atom stereocenters. The third-order valence-corrected chi connectivity index (χ3v) is 2.99. The fourth-order valence-electron chi connectivity index (χ4n) is 1.75. The van der Waals surface area contributed by atoms with Crippen LogP contribution in [-0.2, 0) is 17.8 Å². The summed E-state index contributed by atoms with van der Waals surface area (Å²) in [5.74, 6) is -0.318. The fraction of sp³-hybridized carbons (Fsp3) is 0.133. The van der Waals surface area contributed by atoms with Crippen molar-refractivity contribution >= 4 is 23.2 Å². The van der Waals surface area contributed by atoms with Gasteiger partial charge in [-0.25, -0.2) is 0 Å². The van der Waals surface area contributed by atoms with Crippen LogP contribution in [0.4, 0.5) is 5.69 Å².